The van der Waals surface area contributed by atoms with Crippen LogP contribution in [0.3, 0.4) is 0 Å². The Hall–Kier alpha value is -8.14. The summed E-state index contributed by atoms with van der Waals surface area (Å²) in [6, 6.07) is 64.1. The monoisotopic (exact) mass is 1220 g/mol. The highest BCUT2D eigenvalue weighted by atomic mass is 31.1. The molecule has 2 saturated heterocycles. The summed E-state index contributed by atoms with van der Waals surface area (Å²) in [5.41, 5.74) is 3.09. The number of allylic oxidation sites excluding steroid dienone is 8. The smallest absolute Gasteiger partial charge is 0.238 e. The number of hydrogen-bond acceptors (Lipinski definition) is 4. The minimum absolute atomic E-state index is 0.0910. The quantitative estimate of drug-likeness (QED) is 0.0223. The number of unbranched alkanes of at least 4 members (excludes halogenated alkanes) is 10. The van der Waals surface area contributed by atoms with Gasteiger partial charge in [0, 0.05) is 10.8 Å². The Morgan fingerprint density at radius 2 is 0.667 bits per heavy atom. The summed E-state index contributed by atoms with van der Waals surface area (Å²) in [5, 5.41) is 10.2. The van der Waals surface area contributed by atoms with Crippen LogP contribution in [-0.2, 0) is 19.2 Å². The van der Waals surface area contributed by atoms with Gasteiger partial charge in [0.2, 0.25) is 23.6 Å². The fourth-order valence-electron chi connectivity index (χ4n) is 15.3. The molecule has 2 saturated carbocycles. The number of rotatable bonds is 27. The normalized spacial score (nSPS) is 21.4. The molecule has 0 N–H and O–H groups in total. The molecule has 2 aliphatic heterocycles. The molecule has 90 heavy (non-hydrogen) atoms. The van der Waals surface area contributed by atoms with Crippen LogP contribution in [0.5, 0.6) is 0 Å². The Morgan fingerprint density at radius 1 is 0.344 bits per heavy atom. The first-order chi connectivity index (χ1) is 44.3. The molecule has 454 valence electrons. The minimum atomic E-state index is -1.29. The highest BCUT2D eigenvalue weighted by Crippen LogP contribution is 2.54. The molecule has 8 aromatic rings. The van der Waals surface area contributed by atoms with Gasteiger partial charge in [-0.2, -0.15) is 0 Å². The molecule has 4 amide bonds. The van der Waals surface area contributed by atoms with E-state index in [4.69, 9.17) is 0 Å². The highest BCUT2D eigenvalue weighted by molar-refractivity contribution is 7.80. The average molecular weight is 1220 g/mol. The van der Waals surface area contributed by atoms with E-state index in [1.54, 1.807) is 0 Å². The van der Waals surface area contributed by atoms with Crippen LogP contribution in [-0.4, -0.2) is 23.6 Å². The zero-order valence-electron chi connectivity index (χ0n) is 51.7. The predicted octanol–water partition coefficient (Wildman–Crippen LogP) is 17.2. The van der Waals surface area contributed by atoms with Crippen LogP contribution in [0.25, 0.3) is 32.7 Å². The number of carbonyl (C=O) groups excluding carboxylic acids is 4. The van der Waals surface area contributed by atoms with Gasteiger partial charge in [-0.25, -0.2) is 9.80 Å². The second-order valence-electron chi connectivity index (χ2n) is 24.8. The zero-order valence-corrected chi connectivity index (χ0v) is 53.5. The van der Waals surface area contributed by atoms with Gasteiger partial charge in [-0.15, -0.1) is 26.3 Å². The molecule has 0 spiro atoms. The summed E-state index contributed by atoms with van der Waals surface area (Å²) in [6.07, 6.45) is 31.1. The van der Waals surface area contributed by atoms with Crippen molar-refractivity contribution in [2.75, 3.05) is 9.80 Å². The third-order valence-corrected chi connectivity index (χ3v) is 24.4. The topological polar surface area (TPSA) is 74.8 Å². The summed E-state index contributed by atoms with van der Waals surface area (Å²) < 4.78 is 0. The molecule has 0 radical (unpaired) electrons. The molecule has 2 heterocycles. The number of nitrogens with zero attached hydrogens (tertiary/aromatic N) is 2. The van der Waals surface area contributed by atoms with Gasteiger partial charge < -0.3 is 0 Å². The number of amides is 4. The largest absolute Gasteiger partial charge is 0.274 e. The molecular weight excluding hydrogens is 1140 g/mol. The third-order valence-electron chi connectivity index (χ3n) is 19.5. The number of hydrogen-bond donors (Lipinski definition) is 0. The molecule has 8 atom stereocenters. The number of carbonyl (C=O) groups is 4. The Morgan fingerprint density at radius 3 is 0.989 bits per heavy atom. The Bertz CT molecular complexity index is 3670. The standard InChI is InChI=1S/C82H82N2O4P2/c1-5-9-11-13-15-17-19-25-37-59-55-57(7-3)73-75(59)81(87)83(79(73)85)69-49-35-47-67-65(69)51-53-71(89(61-39-27-21-28-40-61)62-41-29-22-30-42-62)77(67)78-68-48-36-50-70(66(68)52-54-72(78)90(63-43-31-23-32-44-63)64-45-33-24-34-46-64)84-80(86)74-58(8-4)56-60(76(74)82(84)88)38-26-20-18-16-14-12-10-6-2/h5-8,21-54,57-60,73-76H,1-4,9-20,55-56H2/b37-25+,38-26+/t57-,58+,59+,60-,73-,74+,75+,76-. The van der Waals surface area contributed by atoms with Crippen molar-refractivity contribution in [1.82, 2.24) is 0 Å². The van der Waals surface area contributed by atoms with E-state index in [0.29, 0.717) is 24.2 Å². The van der Waals surface area contributed by atoms with E-state index in [1.165, 1.54) is 22.6 Å². The van der Waals surface area contributed by atoms with Crippen molar-refractivity contribution in [2.24, 2.45) is 47.3 Å². The number of imide groups is 2. The first-order valence-corrected chi connectivity index (χ1v) is 35.4. The first-order valence-electron chi connectivity index (χ1n) is 32.8. The Balaban J connectivity index is 1.06. The average Bonchev–Trinajstić information content (AvgIpc) is 1.28. The van der Waals surface area contributed by atoms with Crippen molar-refractivity contribution in [3.05, 3.63) is 257 Å². The molecule has 8 heteroatoms. The summed E-state index contributed by atoms with van der Waals surface area (Å²) in [4.78, 5) is 64.9. The third kappa shape index (κ3) is 12.2. The van der Waals surface area contributed by atoms with Crippen molar-refractivity contribution in [3.63, 3.8) is 0 Å². The second-order valence-corrected chi connectivity index (χ2v) is 29.2. The van der Waals surface area contributed by atoms with E-state index < -0.39 is 39.5 Å². The minimum Gasteiger partial charge on any atom is -0.274 e. The molecule has 0 bridgehead atoms. The van der Waals surface area contributed by atoms with Gasteiger partial charge in [0.05, 0.1) is 35.0 Å². The molecule has 0 aromatic heterocycles. The zero-order chi connectivity index (χ0) is 62.1. The van der Waals surface area contributed by atoms with Crippen molar-refractivity contribution < 1.29 is 19.2 Å². The lowest BCUT2D eigenvalue weighted by Gasteiger charge is -2.30. The summed E-state index contributed by atoms with van der Waals surface area (Å²) in [7, 11) is -2.59. The van der Waals surface area contributed by atoms with E-state index in [2.05, 4.69) is 208 Å². The fourth-order valence-corrected chi connectivity index (χ4v) is 20.2. The lowest BCUT2D eigenvalue weighted by Crippen LogP contribution is -2.34. The van der Waals surface area contributed by atoms with Crippen LogP contribution >= 0.6 is 15.8 Å². The van der Waals surface area contributed by atoms with Crippen molar-refractivity contribution in [2.45, 2.75) is 89.9 Å². The molecule has 4 aliphatic rings. The number of benzene rings is 8. The van der Waals surface area contributed by atoms with Gasteiger partial charge in [0.15, 0.2) is 0 Å². The second kappa shape index (κ2) is 28.8. The molecule has 4 fully saturated rings. The SMILES string of the molecule is C=CCCCCCC/C=C/[C@@H]1C[C@H](C=C)[C@@H]2C(=O)N(c3cccc4c(-c5c(P(c6ccccc6)c6ccccc6)ccc6c(N7C(=O)[C@@H]8[C@H](C7=O)[C@H](C=C)C[C@@H]8/C=C/CCCCCCC=C)cccc56)c(P(c5ccccc5)c5ccccc5)ccc34)C(=O)[C@@H]21. The van der Waals surface area contributed by atoms with Gasteiger partial charge in [0.25, 0.3) is 0 Å². The van der Waals surface area contributed by atoms with E-state index in [1.807, 2.05) is 48.6 Å². The van der Waals surface area contributed by atoms with Gasteiger partial charge in [0.1, 0.15) is 0 Å². The van der Waals surface area contributed by atoms with Crippen LogP contribution in [0.1, 0.15) is 89.9 Å². The highest BCUT2D eigenvalue weighted by Gasteiger charge is 2.59. The van der Waals surface area contributed by atoms with Crippen LogP contribution in [0.2, 0.25) is 0 Å². The predicted molar refractivity (Wildman–Crippen MR) is 381 cm³/mol. The first kappa shape index (κ1) is 62.1. The van der Waals surface area contributed by atoms with Crippen LogP contribution in [0.4, 0.5) is 11.4 Å². The summed E-state index contributed by atoms with van der Waals surface area (Å²) >= 11 is 0. The number of anilines is 2. The van der Waals surface area contributed by atoms with Gasteiger partial charge >= 0.3 is 0 Å². The van der Waals surface area contributed by atoms with E-state index >= 15 is 19.2 Å². The maximum atomic E-state index is 15.5. The fraction of sp³-hybridized carbons (Fsp3) is 0.268. The molecule has 12 rings (SSSR count). The molecular formula is C82H82N2O4P2. The maximum Gasteiger partial charge on any atom is 0.238 e. The Labute approximate surface area is 535 Å². The van der Waals surface area contributed by atoms with E-state index in [-0.39, 0.29) is 47.3 Å². The molecule has 6 nitrogen and oxygen atoms in total. The summed E-state index contributed by atoms with van der Waals surface area (Å²) in [5.74, 6) is -3.18. The van der Waals surface area contributed by atoms with Crippen LogP contribution in [0, 0.1) is 47.3 Å². The molecule has 0 unspecified atom stereocenters. The number of fused-ring (bicyclic) bond motifs is 4. The maximum absolute atomic E-state index is 15.5. The Kier molecular flexibility index (Phi) is 19.8. The van der Waals surface area contributed by atoms with Gasteiger partial charge in [-0.3, -0.25) is 19.2 Å². The van der Waals surface area contributed by atoms with Gasteiger partial charge in [-0.05, 0) is 170 Å². The van der Waals surface area contributed by atoms with E-state index in [9.17, 15) is 0 Å². The van der Waals surface area contributed by atoms with Crippen molar-refractivity contribution in [1.29, 1.82) is 0 Å². The van der Waals surface area contributed by atoms with Crippen molar-refractivity contribution >= 4 is 104 Å². The van der Waals surface area contributed by atoms with Crippen LogP contribution in [0.15, 0.2) is 257 Å². The molecule has 8 aromatic carbocycles. The lowest BCUT2D eigenvalue weighted by molar-refractivity contribution is -0.124. The summed E-state index contributed by atoms with van der Waals surface area (Å²) in [6.45, 7) is 16.2. The van der Waals surface area contributed by atoms with Crippen LogP contribution < -0.4 is 41.6 Å². The van der Waals surface area contributed by atoms with E-state index in [0.717, 1.165) is 129 Å². The van der Waals surface area contributed by atoms with Crippen molar-refractivity contribution in [3.8, 4) is 11.1 Å². The van der Waals surface area contributed by atoms with Gasteiger partial charge in [-0.1, -0.05) is 244 Å². The lowest BCUT2D eigenvalue weighted by atomic mass is 9.89. The molecule has 2 aliphatic carbocycles.